The van der Waals surface area contributed by atoms with Crippen LogP contribution in [0.4, 0.5) is 0 Å². The Morgan fingerprint density at radius 1 is 1.47 bits per heavy atom. The quantitative estimate of drug-likeness (QED) is 0.816. The van der Waals surface area contributed by atoms with E-state index >= 15 is 0 Å². The number of morpholine rings is 1. The third kappa shape index (κ3) is 4.63. The van der Waals surface area contributed by atoms with Crippen LogP contribution in [0, 0.1) is 0 Å². The average molecular weight is 268 g/mol. The number of hydrogen-bond donors (Lipinski definition) is 2. The molecule has 0 amide bonds. The number of thioether (sulfide) groups is 1. The Hall–Kier alpha value is -0.620. The molecule has 3 nitrogen and oxygen atoms in total. The molecule has 0 bridgehead atoms. The molecule has 1 atom stereocenters. The van der Waals surface area contributed by atoms with Crippen molar-refractivity contribution in [1.29, 1.82) is 0 Å². The van der Waals surface area contributed by atoms with Crippen LogP contribution in [0.2, 0.25) is 0 Å². The van der Waals surface area contributed by atoms with Gasteiger partial charge in [-0.25, -0.2) is 0 Å². The molecular weight excluding hydrogens is 252 g/mol. The van der Waals surface area contributed by atoms with Gasteiger partial charge in [0.05, 0.1) is 6.61 Å². The van der Waals surface area contributed by atoms with Crippen molar-refractivity contribution in [2.45, 2.75) is 12.0 Å². The van der Waals surface area contributed by atoms with Gasteiger partial charge in [0.1, 0.15) is 10.5 Å². The van der Waals surface area contributed by atoms with Crippen LogP contribution in [0.25, 0.3) is 0 Å². The molecule has 1 heterocycles. The van der Waals surface area contributed by atoms with Crippen LogP contribution in [0.1, 0.15) is 5.56 Å². The van der Waals surface area contributed by atoms with Gasteiger partial charge in [0, 0.05) is 18.8 Å². The van der Waals surface area contributed by atoms with E-state index in [2.05, 4.69) is 22.8 Å². The molecule has 1 aromatic carbocycles. The van der Waals surface area contributed by atoms with Crippen LogP contribution in [0.15, 0.2) is 30.3 Å². The maximum Gasteiger partial charge on any atom is 0.141 e. The zero-order valence-electron chi connectivity index (χ0n) is 9.52. The van der Waals surface area contributed by atoms with Crippen molar-refractivity contribution in [1.82, 2.24) is 10.6 Å². The van der Waals surface area contributed by atoms with E-state index in [0.717, 1.165) is 29.8 Å². The first-order valence-corrected chi connectivity index (χ1v) is 7.03. The van der Waals surface area contributed by atoms with E-state index in [9.17, 15) is 0 Å². The van der Waals surface area contributed by atoms with E-state index in [1.54, 1.807) is 11.8 Å². The second kappa shape index (κ2) is 6.96. The van der Waals surface area contributed by atoms with Crippen molar-refractivity contribution in [2.75, 3.05) is 19.7 Å². The fourth-order valence-electron chi connectivity index (χ4n) is 1.55. The van der Waals surface area contributed by atoms with E-state index in [-0.39, 0.29) is 6.23 Å². The molecule has 1 aliphatic rings. The molecule has 5 heteroatoms. The predicted molar refractivity (Wildman–Crippen MR) is 76.1 cm³/mol. The molecule has 0 aliphatic carbocycles. The molecule has 0 radical (unpaired) electrons. The van der Waals surface area contributed by atoms with Gasteiger partial charge in [0.15, 0.2) is 0 Å². The van der Waals surface area contributed by atoms with Gasteiger partial charge in [0.25, 0.3) is 0 Å². The lowest BCUT2D eigenvalue weighted by Gasteiger charge is -2.25. The molecule has 92 valence electrons. The third-order valence-corrected chi connectivity index (χ3v) is 3.75. The molecule has 1 saturated heterocycles. The van der Waals surface area contributed by atoms with Crippen LogP contribution < -0.4 is 10.6 Å². The second-order valence-corrected chi connectivity index (χ2v) is 5.42. The van der Waals surface area contributed by atoms with Gasteiger partial charge in [-0.05, 0) is 5.56 Å². The molecule has 1 aliphatic heterocycles. The highest BCUT2D eigenvalue weighted by atomic mass is 32.2. The van der Waals surface area contributed by atoms with Gasteiger partial charge in [0.2, 0.25) is 0 Å². The first kappa shape index (κ1) is 12.8. The van der Waals surface area contributed by atoms with E-state index in [4.69, 9.17) is 17.0 Å². The van der Waals surface area contributed by atoms with Crippen LogP contribution in [0.3, 0.4) is 0 Å². The van der Waals surface area contributed by atoms with Crippen molar-refractivity contribution in [3.05, 3.63) is 35.9 Å². The highest BCUT2D eigenvalue weighted by Gasteiger charge is 2.13. The topological polar surface area (TPSA) is 33.3 Å². The van der Waals surface area contributed by atoms with Gasteiger partial charge in [-0.2, -0.15) is 0 Å². The van der Waals surface area contributed by atoms with Crippen molar-refractivity contribution in [2.24, 2.45) is 0 Å². The van der Waals surface area contributed by atoms with Gasteiger partial charge in [-0.15, -0.1) is 0 Å². The van der Waals surface area contributed by atoms with Gasteiger partial charge in [-0.1, -0.05) is 54.3 Å². The molecule has 0 saturated carbocycles. The smallest absolute Gasteiger partial charge is 0.141 e. The number of hydrogen-bond acceptors (Lipinski definition) is 4. The largest absolute Gasteiger partial charge is 0.356 e. The Labute approximate surface area is 111 Å². The first-order valence-electron chi connectivity index (χ1n) is 5.64. The lowest BCUT2D eigenvalue weighted by atomic mass is 10.2. The van der Waals surface area contributed by atoms with Gasteiger partial charge < -0.3 is 15.4 Å². The Bertz CT molecular complexity index is 353. The minimum absolute atomic E-state index is 0.0134. The number of ether oxygens (including phenoxy) is 1. The number of benzene rings is 1. The van der Waals surface area contributed by atoms with E-state index in [0.29, 0.717) is 0 Å². The van der Waals surface area contributed by atoms with Crippen molar-refractivity contribution in [3.63, 3.8) is 0 Å². The van der Waals surface area contributed by atoms with Gasteiger partial charge in [-0.3, -0.25) is 0 Å². The summed E-state index contributed by atoms with van der Waals surface area (Å²) in [5.74, 6) is 0.896. The number of thiocarbonyl (C=S) groups is 1. The van der Waals surface area contributed by atoms with Crippen LogP contribution >= 0.6 is 24.0 Å². The number of nitrogens with one attached hydrogen (secondary N) is 2. The molecule has 2 N–H and O–H groups in total. The monoisotopic (exact) mass is 268 g/mol. The summed E-state index contributed by atoms with van der Waals surface area (Å²) in [7, 11) is 0. The summed E-state index contributed by atoms with van der Waals surface area (Å²) < 4.78 is 6.32. The Kier molecular flexibility index (Phi) is 5.25. The Balaban J connectivity index is 1.70. The van der Waals surface area contributed by atoms with Crippen LogP contribution in [0.5, 0.6) is 0 Å². The zero-order chi connectivity index (χ0) is 11.9. The summed E-state index contributed by atoms with van der Waals surface area (Å²) in [6.45, 7) is 2.47. The highest BCUT2D eigenvalue weighted by molar-refractivity contribution is 8.22. The Morgan fingerprint density at radius 3 is 3.00 bits per heavy atom. The van der Waals surface area contributed by atoms with Crippen molar-refractivity contribution in [3.8, 4) is 0 Å². The molecule has 17 heavy (non-hydrogen) atoms. The molecule has 1 fully saturated rings. The van der Waals surface area contributed by atoms with E-state index < -0.39 is 0 Å². The lowest BCUT2D eigenvalue weighted by Crippen LogP contribution is -2.47. The summed E-state index contributed by atoms with van der Waals surface area (Å²) in [5, 5.41) is 6.46. The fraction of sp³-hybridized carbons (Fsp3) is 0.417. The molecule has 1 aromatic rings. The average Bonchev–Trinajstić information content (AvgIpc) is 2.39. The summed E-state index contributed by atoms with van der Waals surface area (Å²) in [4.78, 5) is 0. The summed E-state index contributed by atoms with van der Waals surface area (Å²) in [6, 6.07) is 10.3. The zero-order valence-corrected chi connectivity index (χ0v) is 11.2. The molecular formula is C12H16N2OS2. The van der Waals surface area contributed by atoms with E-state index in [1.165, 1.54) is 5.56 Å². The van der Waals surface area contributed by atoms with Crippen molar-refractivity contribution >= 4 is 28.3 Å². The third-order valence-electron chi connectivity index (χ3n) is 2.42. The summed E-state index contributed by atoms with van der Waals surface area (Å²) in [5.41, 5.74) is 1.28. The van der Waals surface area contributed by atoms with Crippen molar-refractivity contribution < 1.29 is 4.74 Å². The minimum atomic E-state index is 0.0134. The molecule has 1 unspecified atom stereocenters. The molecule has 0 spiro atoms. The Morgan fingerprint density at radius 2 is 2.29 bits per heavy atom. The summed E-state index contributed by atoms with van der Waals surface area (Å²) in [6.07, 6.45) is 0.0134. The molecule has 0 aromatic heterocycles. The van der Waals surface area contributed by atoms with Crippen LogP contribution in [-0.4, -0.2) is 30.2 Å². The highest BCUT2D eigenvalue weighted by Crippen LogP contribution is 2.13. The number of rotatable bonds is 3. The molecule has 2 rings (SSSR count). The fourth-order valence-corrected chi connectivity index (χ4v) is 2.57. The van der Waals surface area contributed by atoms with Gasteiger partial charge >= 0.3 is 0 Å². The second-order valence-electron chi connectivity index (χ2n) is 3.77. The normalized spacial score (nSPS) is 19.9. The predicted octanol–water partition coefficient (Wildman–Crippen LogP) is 1.74. The summed E-state index contributed by atoms with van der Waals surface area (Å²) >= 11 is 6.91. The minimum Gasteiger partial charge on any atom is -0.356 e. The van der Waals surface area contributed by atoms with Crippen LogP contribution in [-0.2, 0) is 10.5 Å². The SMILES string of the molecule is S=C(NC1CNCCO1)SCc1ccccc1. The maximum absolute atomic E-state index is 5.53. The maximum atomic E-state index is 5.53. The van der Waals surface area contributed by atoms with E-state index in [1.807, 2.05) is 18.2 Å². The standard InChI is InChI=1S/C12H16N2OS2/c16-12(14-11-8-13-6-7-15-11)17-9-10-4-2-1-3-5-10/h1-5,11,13H,6-9H2,(H,14,16). The first-order chi connectivity index (χ1) is 8.34. The lowest BCUT2D eigenvalue weighted by molar-refractivity contribution is 0.0204.